The standard InChI is InChI=1S/C27H32N6O2/c1-18(2)25-27(35)30-23-17-33(24(34)13-12-19-8-4-3-5-9-19)15-14-32(23)16-22-28-21-11-7-6-10-20(21)26(29-22)31-25/h3-11,18,23,25H,12-17H2,1-2H3,(H,30,35)(H,28,29,31)/t23?,25-/m0/s1. The van der Waals surface area contributed by atoms with E-state index in [4.69, 9.17) is 9.97 Å². The maximum atomic E-state index is 13.4. The van der Waals surface area contributed by atoms with Gasteiger partial charge in [-0.1, -0.05) is 56.3 Å². The average Bonchev–Trinajstić information content (AvgIpc) is 2.86. The summed E-state index contributed by atoms with van der Waals surface area (Å²) in [5, 5.41) is 7.50. The molecule has 3 aromatic rings. The first-order valence-corrected chi connectivity index (χ1v) is 12.4. The number of benzene rings is 2. The Bertz CT molecular complexity index is 1210. The van der Waals surface area contributed by atoms with Gasteiger partial charge in [0.1, 0.15) is 23.8 Å². The van der Waals surface area contributed by atoms with Crippen LogP contribution in [-0.2, 0) is 22.6 Å². The van der Waals surface area contributed by atoms with Crippen LogP contribution in [0.15, 0.2) is 54.6 Å². The number of carbonyl (C=O) groups is 2. The van der Waals surface area contributed by atoms with Crippen molar-refractivity contribution in [1.29, 1.82) is 0 Å². The number of hydrogen-bond donors (Lipinski definition) is 2. The smallest absolute Gasteiger partial charge is 0.244 e. The van der Waals surface area contributed by atoms with E-state index in [0.29, 0.717) is 50.7 Å². The van der Waals surface area contributed by atoms with Gasteiger partial charge in [0.05, 0.1) is 18.6 Å². The number of piperazine rings is 1. The Kier molecular flexibility index (Phi) is 6.63. The van der Waals surface area contributed by atoms with E-state index < -0.39 is 6.04 Å². The number of carbonyl (C=O) groups excluding carboxylic acids is 2. The zero-order chi connectivity index (χ0) is 24.4. The van der Waals surface area contributed by atoms with E-state index >= 15 is 0 Å². The van der Waals surface area contributed by atoms with Gasteiger partial charge in [-0.2, -0.15) is 0 Å². The number of aromatic nitrogens is 2. The monoisotopic (exact) mass is 472 g/mol. The van der Waals surface area contributed by atoms with Crippen molar-refractivity contribution in [3.63, 3.8) is 0 Å². The number of nitrogens with zero attached hydrogens (tertiary/aromatic N) is 4. The molecule has 0 spiro atoms. The fourth-order valence-corrected chi connectivity index (χ4v) is 4.85. The van der Waals surface area contributed by atoms with E-state index in [0.717, 1.165) is 16.5 Å². The lowest BCUT2D eigenvalue weighted by atomic mass is 10.0. The molecule has 3 heterocycles. The fraction of sp³-hybridized carbons (Fsp3) is 0.407. The Balaban J connectivity index is 1.38. The van der Waals surface area contributed by atoms with Crippen LogP contribution in [0, 0.1) is 5.92 Å². The second-order valence-electron chi connectivity index (χ2n) is 9.69. The summed E-state index contributed by atoms with van der Waals surface area (Å²) in [6.07, 6.45) is 0.874. The van der Waals surface area contributed by atoms with E-state index in [-0.39, 0.29) is 23.9 Å². The average molecular weight is 473 g/mol. The summed E-state index contributed by atoms with van der Waals surface area (Å²) in [4.78, 5) is 40.1. The Labute approximate surface area is 205 Å². The van der Waals surface area contributed by atoms with Crippen LogP contribution in [0.3, 0.4) is 0 Å². The number of rotatable bonds is 4. The summed E-state index contributed by atoms with van der Waals surface area (Å²) in [7, 11) is 0. The van der Waals surface area contributed by atoms with Crippen LogP contribution < -0.4 is 10.6 Å². The third-order valence-electron chi connectivity index (χ3n) is 6.86. The van der Waals surface area contributed by atoms with E-state index in [1.54, 1.807) is 0 Å². The zero-order valence-electron chi connectivity index (χ0n) is 20.3. The van der Waals surface area contributed by atoms with Crippen LogP contribution in [0.4, 0.5) is 5.82 Å². The number of fused-ring (bicyclic) bond motifs is 5. The lowest BCUT2D eigenvalue weighted by Gasteiger charge is -2.42. The van der Waals surface area contributed by atoms with Crippen molar-refractivity contribution in [2.24, 2.45) is 5.92 Å². The maximum absolute atomic E-state index is 13.4. The van der Waals surface area contributed by atoms with Crippen molar-refractivity contribution >= 4 is 28.5 Å². The van der Waals surface area contributed by atoms with Crippen molar-refractivity contribution in [2.45, 2.75) is 45.4 Å². The molecule has 35 heavy (non-hydrogen) atoms. The van der Waals surface area contributed by atoms with Gasteiger partial charge in [-0.25, -0.2) is 9.97 Å². The Morgan fingerprint density at radius 1 is 1.03 bits per heavy atom. The second kappa shape index (κ2) is 10.00. The molecule has 8 heteroatoms. The fourth-order valence-electron chi connectivity index (χ4n) is 4.85. The lowest BCUT2D eigenvalue weighted by molar-refractivity contribution is -0.137. The molecule has 0 saturated carbocycles. The van der Waals surface area contributed by atoms with Crippen LogP contribution in [0.2, 0.25) is 0 Å². The molecule has 5 rings (SSSR count). The van der Waals surface area contributed by atoms with Gasteiger partial charge in [0.25, 0.3) is 0 Å². The van der Waals surface area contributed by atoms with E-state index in [2.05, 4.69) is 15.5 Å². The maximum Gasteiger partial charge on any atom is 0.244 e. The summed E-state index contributed by atoms with van der Waals surface area (Å²) in [6, 6.07) is 17.5. The number of hydrogen-bond acceptors (Lipinski definition) is 6. The Morgan fingerprint density at radius 2 is 1.80 bits per heavy atom. The summed E-state index contributed by atoms with van der Waals surface area (Å²) >= 11 is 0. The predicted octanol–water partition coefficient (Wildman–Crippen LogP) is 2.80. The number of amides is 2. The van der Waals surface area contributed by atoms with Crippen LogP contribution in [-0.4, -0.2) is 63.4 Å². The molecular formula is C27H32N6O2. The largest absolute Gasteiger partial charge is 0.358 e. The first-order valence-electron chi connectivity index (χ1n) is 12.4. The van der Waals surface area contributed by atoms with E-state index in [9.17, 15) is 9.59 Å². The first kappa shape index (κ1) is 23.2. The summed E-state index contributed by atoms with van der Waals surface area (Å²) < 4.78 is 0. The third kappa shape index (κ3) is 5.12. The molecule has 1 aromatic heterocycles. The molecule has 1 saturated heterocycles. The van der Waals surface area contributed by atoms with Crippen LogP contribution in [0.1, 0.15) is 31.7 Å². The highest BCUT2D eigenvalue weighted by Gasteiger charge is 2.34. The Morgan fingerprint density at radius 3 is 2.60 bits per heavy atom. The highest BCUT2D eigenvalue weighted by Crippen LogP contribution is 2.25. The van der Waals surface area contributed by atoms with Gasteiger partial charge in [-0.15, -0.1) is 0 Å². The molecule has 2 aliphatic rings. The highest BCUT2D eigenvalue weighted by molar-refractivity contribution is 5.92. The minimum atomic E-state index is -0.453. The molecule has 8 nitrogen and oxygen atoms in total. The minimum Gasteiger partial charge on any atom is -0.358 e. The normalized spacial score (nSPS) is 20.8. The number of aryl methyl sites for hydroxylation is 1. The van der Waals surface area contributed by atoms with Gasteiger partial charge >= 0.3 is 0 Å². The number of nitrogens with one attached hydrogen (secondary N) is 2. The van der Waals surface area contributed by atoms with Crippen molar-refractivity contribution in [2.75, 3.05) is 25.0 Å². The van der Waals surface area contributed by atoms with Gasteiger partial charge in [-0.05, 0) is 30.0 Å². The summed E-state index contributed by atoms with van der Waals surface area (Å²) in [5.41, 5.74) is 2.01. The molecule has 182 valence electrons. The third-order valence-corrected chi connectivity index (χ3v) is 6.86. The van der Waals surface area contributed by atoms with Gasteiger partial charge in [0, 0.05) is 24.9 Å². The van der Waals surface area contributed by atoms with Gasteiger partial charge < -0.3 is 15.5 Å². The summed E-state index contributed by atoms with van der Waals surface area (Å²) in [5.74, 6) is 1.47. The van der Waals surface area contributed by atoms with Crippen LogP contribution in [0.5, 0.6) is 0 Å². The number of anilines is 1. The Hall–Kier alpha value is -3.52. The zero-order valence-corrected chi connectivity index (χ0v) is 20.3. The SMILES string of the molecule is CC(C)[C@@H]1Nc2nc(nc3ccccc23)CN2CCN(C(=O)CCc3ccccc3)CC2NC1=O. The van der Waals surface area contributed by atoms with Crippen molar-refractivity contribution in [3.05, 3.63) is 66.0 Å². The molecule has 2 aromatic carbocycles. The molecule has 0 aliphatic carbocycles. The van der Waals surface area contributed by atoms with Gasteiger partial charge in [0.2, 0.25) is 11.8 Å². The second-order valence-corrected chi connectivity index (χ2v) is 9.69. The molecule has 2 aliphatic heterocycles. The van der Waals surface area contributed by atoms with Crippen LogP contribution >= 0.6 is 0 Å². The summed E-state index contributed by atoms with van der Waals surface area (Å²) in [6.45, 7) is 6.25. The molecule has 1 fully saturated rings. The van der Waals surface area contributed by atoms with Crippen molar-refractivity contribution in [1.82, 2.24) is 25.1 Å². The van der Waals surface area contributed by atoms with Crippen molar-refractivity contribution in [3.8, 4) is 0 Å². The van der Waals surface area contributed by atoms with Crippen LogP contribution in [0.25, 0.3) is 10.9 Å². The highest BCUT2D eigenvalue weighted by atomic mass is 16.2. The first-order chi connectivity index (χ1) is 17.0. The quantitative estimate of drug-likeness (QED) is 0.607. The van der Waals surface area contributed by atoms with E-state index in [1.807, 2.05) is 73.3 Å². The lowest BCUT2D eigenvalue weighted by Crippen LogP contribution is -2.63. The molecule has 2 atom stereocenters. The van der Waals surface area contributed by atoms with Crippen molar-refractivity contribution < 1.29 is 9.59 Å². The molecular weight excluding hydrogens is 440 g/mol. The molecule has 2 bridgehead atoms. The molecule has 1 unspecified atom stereocenters. The van der Waals surface area contributed by atoms with Gasteiger partial charge in [-0.3, -0.25) is 14.5 Å². The molecule has 2 amide bonds. The minimum absolute atomic E-state index is 0.0484. The number of para-hydroxylation sites is 1. The molecule has 2 N–H and O–H groups in total. The predicted molar refractivity (Wildman–Crippen MR) is 135 cm³/mol. The topological polar surface area (TPSA) is 90.5 Å². The van der Waals surface area contributed by atoms with Gasteiger partial charge in [0.15, 0.2) is 0 Å². The molecule has 0 radical (unpaired) electrons. The van der Waals surface area contributed by atoms with E-state index in [1.165, 1.54) is 0 Å².